The first-order valence-electron chi connectivity index (χ1n) is 8.86. The molecule has 0 aliphatic carbocycles. The molecule has 0 bridgehead atoms. The van der Waals surface area contributed by atoms with Crippen LogP contribution in [0.15, 0.2) is 88.1 Å². The van der Waals surface area contributed by atoms with Crippen molar-refractivity contribution in [2.75, 3.05) is 5.32 Å². The van der Waals surface area contributed by atoms with E-state index in [0.29, 0.717) is 22.5 Å². The molecule has 140 valence electrons. The molecule has 28 heavy (non-hydrogen) atoms. The SMILES string of the molecule is CC(C(=O)Nc1ccc(Oc2ccccc2)cc1)n1c(=O)oc2ccccc21. The van der Waals surface area contributed by atoms with Gasteiger partial charge in [-0.3, -0.25) is 9.36 Å². The molecular formula is C22H18N2O4. The van der Waals surface area contributed by atoms with Crippen molar-refractivity contribution in [3.05, 3.63) is 89.4 Å². The maximum absolute atomic E-state index is 12.6. The fourth-order valence-electron chi connectivity index (χ4n) is 2.95. The highest BCUT2D eigenvalue weighted by atomic mass is 16.5. The molecule has 0 radical (unpaired) electrons. The number of rotatable bonds is 5. The van der Waals surface area contributed by atoms with Gasteiger partial charge >= 0.3 is 5.76 Å². The number of oxazole rings is 1. The molecule has 4 rings (SSSR count). The summed E-state index contributed by atoms with van der Waals surface area (Å²) in [4.78, 5) is 24.8. The van der Waals surface area contributed by atoms with Gasteiger partial charge in [-0.25, -0.2) is 4.79 Å². The topological polar surface area (TPSA) is 73.5 Å². The largest absolute Gasteiger partial charge is 0.457 e. The monoisotopic (exact) mass is 374 g/mol. The normalized spacial score (nSPS) is 11.9. The van der Waals surface area contributed by atoms with Gasteiger partial charge in [-0.2, -0.15) is 0 Å². The predicted octanol–water partition coefficient (Wildman–Crippen LogP) is 4.59. The molecule has 6 heteroatoms. The molecule has 1 aromatic heterocycles. The number of ether oxygens (including phenoxy) is 1. The standard InChI is InChI=1S/C22H18N2O4/c1-15(24-19-9-5-6-10-20(19)28-22(24)26)21(25)23-16-11-13-18(14-12-16)27-17-7-3-2-4-8-17/h2-15H,1H3,(H,23,25). The first-order valence-corrected chi connectivity index (χ1v) is 8.86. The van der Waals surface area contributed by atoms with Crippen LogP contribution in [0.5, 0.6) is 11.5 Å². The molecule has 1 unspecified atom stereocenters. The summed E-state index contributed by atoms with van der Waals surface area (Å²) in [6.45, 7) is 1.66. The molecular weight excluding hydrogens is 356 g/mol. The van der Waals surface area contributed by atoms with Gasteiger partial charge in [0.15, 0.2) is 5.58 Å². The smallest absolute Gasteiger partial charge is 0.420 e. The van der Waals surface area contributed by atoms with Crippen LogP contribution in [0, 0.1) is 0 Å². The van der Waals surface area contributed by atoms with Crippen molar-refractivity contribution in [3.63, 3.8) is 0 Å². The highest BCUT2D eigenvalue weighted by molar-refractivity contribution is 5.94. The van der Waals surface area contributed by atoms with Crippen LogP contribution in [0.1, 0.15) is 13.0 Å². The third-order valence-corrected chi connectivity index (χ3v) is 4.39. The zero-order chi connectivity index (χ0) is 19.5. The molecule has 4 aromatic rings. The van der Waals surface area contributed by atoms with Crippen LogP contribution >= 0.6 is 0 Å². The van der Waals surface area contributed by atoms with E-state index in [9.17, 15) is 9.59 Å². The second-order valence-corrected chi connectivity index (χ2v) is 6.31. The van der Waals surface area contributed by atoms with E-state index in [0.717, 1.165) is 5.75 Å². The number of anilines is 1. The Bertz CT molecular complexity index is 1160. The van der Waals surface area contributed by atoms with Crippen LogP contribution in [0.4, 0.5) is 5.69 Å². The third kappa shape index (κ3) is 3.53. The Balaban J connectivity index is 1.48. The lowest BCUT2D eigenvalue weighted by Crippen LogP contribution is -2.29. The van der Waals surface area contributed by atoms with Gasteiger partial charge in [0, 0.05) is 5.69 Å². The minimum atomic E-state index is -0.726. The summed E-state index contributed by atoms with van der Waals surface area (Å²) in [7, 11) is 0. The molecule has 0 aliphatic heterocycles. The van der Waals surface area contributed by atoms with Gasteiger partial charge in [0.2, 0.25) is 5.91 Å². The lowest BCUT2D eigenvalue weighted by molar-refractivity contribution is -0.118. The lowest BCUT2D eigenvalue weighted by Gasteiger charge is -2.13. The first kappa shape index (κ1) is 17.6. The van der Waals surface area contributed by atoms with Gasteiger partial charge in [0.1, 0.15) is 17.5 Å². The lowest BCUT2D eigenvalue weighted by atomic mass is 10.2. The average molecular weight is 374 g/mol. The van der Waals surface area contributed by atoms with E-state index in [-0.39, 0.29) is 5.91 Å². The number of nitrogens with zero attached hydrogens (tertiary/aromatic N) is 1. The van der Waals surface area contributed by atoms with E-state index < -0.39 is 11.8 Å². The molecule has 1 N–H and O–H groups in total. The van der Waals surface area contributed by atoms with Crippen molar-refractivity contribution in [1.29, 1.82) is 0 Å². The van der Waals surface area contributed by atoms with Crippen LogP contribution in [0.25, 0.3) is 11.1 Å². The second-order valence-electron chi connectivity index (χ2n) is 6.31. The van der Waals surface area contributed by atoms with Crippen molar-refractivity contribution >= 4 is 22.7 Å². The Morgan fingerprint density at radius 3 is 2.32 bits per heavy atom. The van der Waals surface area contributed by atoms with Gasteiger partial charge in [-0.1, -0.05) is 30.3 Å². The summed E-state index contributed by atoms with van der Waals surface area (Å²) in [6.07, 6.45) is 0. The number of hydrogen-bond donors (Lipinski definition) is 1. The Hall–Kier alpha value is -3.80. The molecule has 1 amide bonds. The van der Waals surface area contributed by atoms with Crippen LogP contribution in [-0.2, 0) is 4.79 Å². The quantitative estimate of drug-likeness (QED) is 0.555. The summed E-state index contributed by atoms with van der Waals surface area (Å²) in [5, 5.41) is 2.82. The highest BCUT2D eigenvalue weighted by Gasteiger charge is 2.21. The van der Waals surface area contributed by atoms with Crippen molar-refractivity contribution < 1.29 is 13.9 Å². The number of para-hydroxylation sites is 3. The van der Waals surface area contributed by atoms with Gasteiger partial charge < -0.3 is 14.5 Å². The van der Waals surface area contributed by atoms with Crippen molar-refractivity contribution in [2.24, 2.45) is 0 Å². The number of aromatic nitrogens is 1. The van der Waals surface area contributed by atoms with E-state index >= 15 is 0 Å². The Morgan fingerprint density at radius 2 is 1.57 bits per heavy atom. The molecule has 3 aromatic carbocycles. The molecule has 0 spiro atoms. The summed E-state index contributed by atoms with van der Waals surface area (Å²) in [6, 6.07) is 22.8. The van der Waals surface area contributed by atoms with Crippen LogP contribution in [-0.4, -0.2) is 10.5 Å². The summed E-state index contributed by atoms with van der Waals surface area (Å²) in [5.41, 5.74) is 1.65. The van der Waals surface area contributed by atoms with E-state index in [1.54, 1.807) is 55.5 Å². The fraction of sp³-hybridized carbons (Fsp3) is 0.0909. The Kier molecular flexibility index (Phi) is 4.68. The number of benzene rings is 3. The molecule has 0 saturated carbocycles. The first-order chi connectivity index (χ1) is 13.6. The third-order valence-electron chi connectivity index (χ3n) is 4.39. The fourth-order valence-corrected chi connectivity index (χ4v) is 2.95. The van der Waals surface area contributed by atoms with E-state index in [1.807, 2.05) is 30.3 Å². The van der Waals surface area contributed by atoms with E-state index in [4.69, 9.17) is 9.15 Å². The number of carbonyl (C=O) groups is 1. The van der Waals surface area contributed by atoms with E-state index in [2.05, 4.69) is 5.32 Å². The number of fused-ring (bicyclic) bond motifs is 1. The van der Waals surface area contributed by atoms with Gasteiger partial charge in [0.05, 0.1) is 5.52 Å². The van der Waals surface area contributed by atoms with E-state index in [1.165, 1.54) is 4.57 Å². The summed E-state index contributed by atoms with van der Waals surface area (Å²) in [5.74, 6) is 0.522. The molecule has 6 nitrogen and oxygen atoms in total. The maximum Gasteiger partial charge on any atom is 0.420 e. The Labute approximate surface area is 161 Å². The molecule has 1 atom stereocenters. The number of amides is 1. The number of hydrogen-bond acceptors (Lipinski definition) is 4. The number of nitrogens with one attached hydrogen (secondary N) is 1. The Morgan fingerprint density at radius 1 is 0.929 bits per heavy atom. The maximum atomic E-state index is 12.6. The minimum Gasteiger partial charge on any atom is -0.457 e. The predicted molar refractivity (Wildman–Crippen MR) is 107 cm³/mol. The zero-order valence-corrected chi connectivity index (χ0v) is 15.2. The highest BCUT2D eigenvalue weighted by Crippen LogP contribution is 2.23. The van der Waals surface area contributed by atoms with Crippen molar-refractivity contribution in [2.45, 2.75) is 13.0 Å². The average Bonchev–Trinajstić information content (AvgIpc) is 3.05. The second kappa shape index (κ2) is 7.44. The van der Waals surface area contributed by atoms with Crippen molar-refractivity contribution in [3.8, 4) is 11.5 Å². The van der Waals surface area contributed by atoms with Crippen LogP contribution < -0.4 is 15.8 Å². The molecule has 0 fully saturated rings. The van der Waals surface area contributed by atoms with Crippen LogP contribution in [0.2, 0.25) is 0 Å². The minimum absolute atomic E-state index is 0.314. The molecule has 0 aliphatic rings. The van der Waals surface area contributed by atoms with Crippen molar-refractivity contribution in [1.82, 2.24) is 4.57 Å². The van der Waals surface area contributed by atoms with Gasteiger partial charge in [-0.05, 0) is 55.5 Å². The van der Waals surface area contributed by atoms with Gasteiger partial charge in [0.25, 0.3) is 0 Å². The van der Waals surface area contributed by atoms with Gasteiger partial charge in [-0.15, -0.1) is 0 Å². The number of carbonyl (C=O) groups excluding carboxylic acids is 1. The summed E-state index contributed by atoms with van der Waals surface area (Å²) >= 11 is 0. The molecule has 0 saturated heterocycles. The molecule has 1 heterocycles. The summed E-state index contributed by atoms with van der Waals surface area (Å²) < 4.78 is 12.3. The van der Waals surface area contributed by atoms with Crippen LogP contribution in [0.3, 0.4) is 0 Å². The zero-order valence-electron chi connectivity index (χ0n) is 15.2.